The number of amides is 2. The van der Waals surface area contributed by atoms with E-state index in [2.05, 4.69) is 5.32 Å². The third-order valence-electron chi connectivity index (χ3n) is 4.82. The molecule has 1 fully saturated rings. The van der Waals surface area contributed by atoms with Crippen LogP contribution in [0.1, 0.15) is 12.0 Å². The molecule has 0 bridgehead atoms. The van der Waals surface area contributed by atoms with E-state index in [1.54, 1.807) is 4.90 Å². The Hall–Kier alpha value is -2.66. The summed E-state index contributed by atoms with van der Waals surface area (Å²) < 4.78 is 0. The monoisotopic (exact) mass is 365 g/mol. The van der Waals surface area contributed by atoms with E-state index < -0.39 is 0 Å². The standard InChI is InChI=1S/C22H27N3O2/c1-24(2)14-13-23-21(26)19-15-20(19)22(27)25(18-11-7-4-8-12-18)16-17-9-5-3-6-10-17/h3-12,19-20H,13-16H2,1-2H3,(H,23,26). The van der Waals surface area contributed by atoms with Gasteiger partial charge in [-0.25, -0.2) is 0 Å². The Kier molecular flexibility index (Phi) is 6.24. The maximum absolute atomic E-state index is 13.1. The van der Waals surface area contributed by atoms with Crippen LogP contribution in [0.2, 0.25) is 0 Å². The summed E-state index contributed by atoms with van der Waals surface area (Å²) in [6, 6.07) is 19.6. The van der Waals surface area contributed by atoms with Gasteiger partial charge < -0.3 is 15.1 Å². The molecule has 0 heterocycles. The highest BCUT2D eigenvalue weighted by molar-refractivity contribution is 6.01. The Morgan fingerprint density at radius 1 is 0.963 bits per heavy atom. The number of benzene rings is 2. The first kappa shape index (κ1) is 19.1. The van der Waals surface area contributed by atoms with Crippen LogP contribution in [0.25, 0.3) is 0 Å². The Labute approximate surface area is 161 Å². The molecule has 1 aliphatic rings. The van der Waals surface area contributed by atoms with Crippen molar-refractivity contribution < 1.29 is 9.59 Å². The van der Waals surface area contributed by atoms with Crippen LogP contribution in [0, 0.1) is 11.8 Å². The average Bonchev–Trinajstić information content (AvgIpc) is 3.48. The lowest BCUT2D eigenvalue weighted by Crippen LogP contribution is -2.35. The quantitative estimate of drug-likeness (QED) is 0.782. The molecule has 1 aliphatic carbocycles. The molecular weight excluding hydrogens is 338 g/mol. The molecule has 2 amide bonds. The fourth-order valence-corrected chi connectivity index (χ4v) is 3.16. The second-order valence-corrected chi connectivity index (χ2v) is 7.29. The maximum Gasteiger partial charge on any atom is 0.231 e. The number of carbonyl (C=O) groups excluding carboxylic acids is 2. The highest BCUT2D eigenvalue weighted by atomic mass is 16.2. The number of hydrogen-bond acceptors (Lipinski definition) is 3. The predicted molar refractivity (Wildman–Crippen MR) is 107 cm³/mol. The van der Waals surface area contributed by atoms with Crippen LogP contribution in [-0.4, -0.2) is 43.9 Å². The molecular formula is C22H27N3O2. The molecule has 2 aromatic rings. The summed E-state index contributed by atoms with van der Waals surface area (Å²) in [4.78, 5) is 29.3. The Bertz CT molecular complexity index is 762. The molecule has 0 aromatic heterocycles. The van der Waals surface area contributed by atoms with E-state index in [1.165, 1.54) is 0 Å². The first-order chi connectivity index (χ1) is 13.1. The van der Waals surface area contributed by atoms with E-state index in [0.717, 1.165) is 17.8 Å². The Morgan fingerprint density at radius 2 is 1.59 bits per heavy atom. The third-order valence-corrected chi connectivity index (χ3v) is 4.82. The number of rotatable bonds is 8. The largest absolute Gasteiger partial charge is 0.355 e. The lowest BCUT2D eigenvalue weighted by molar-refractivity contribution is -0.126. The van der Waals surface area contributed by atoms with Gasteiger partial charge in [-0.1, -0.05) is 48.5 Å². The molecule has 0 radical (unpaired) electrons. The van der Waals surface area contributed by atoms with Gasteiger partial charge in [-0.05, 0) is 38.2 Å². The van der Waals surface area contributed by atoms with Gasteiger partial charge in [-0.3, -0.25) is 9.59 Å². The zero-order valence-corrected chi connectivity index (χ0v) is 16.0. The zero-order valence-electron chi connectivity index (χ0n) is 16.0. The van der Waals surface area contributed by atoms with Gasteiger partial charge in [0, 0.05) is 18.8 Å². The summed E-state index contributed by atoms with van der Waals surface area (Å²) in [7, 11) is 3.94. The number of nitrogens with zero attached hydrogens (tertiary/aromatic N) is 2. The van der Waals surface area contributed by atoms with Gasteiger partial charge in [-0.2, -0.15) is 0 Å². The van der Waals surface area contributed by atoms with Crippen LogP contribution < -0.4 is 10.2 Å². The highest BCUT2D eigenvalue weighted by Crippen LogP contribution is 2.41. The molecule has 2 atom stereocenters. The number of likely N-dealkylation sites (N-methyl/N-ethyl adjacent to an activating group) is 1. The van der Waals surface area contributed by atoms with Gasteiger partial charge in [-0.15, -0.1) is 0 Å². The number of nitrogens with one attached hydrogen (secondary N) is 1. The summed E-state index contributed by atoms with van der Waals surface area (Å²) in [5.74, 6) is -0.421. The summed E-state index contributed by atoms with van der Waals surface area (Å²) in [5, 5.41) is 2.94. The van der Waals surface area contributed by atoms with Crippen molar-refractivity contribution in [1.29, 1.82) is 0 Å². The van der Waals surface area contributed by atoms with Gasteiger partial charge in [0.2, 0.25) is 11.8 Å². The number of hydrogen-bond donors (Lipinski definition) is 1. The van der Waals surface area contributed by atoms with Crippen molar-refractivity contribution in [3.63, 3.8) is 0 Å². The van der Waals surface area contributed by atoms with Gasteiger partial charge in [0.1, 0.15) is 0 Å². The first-order valence-corrected chi connectivity index (χ1v) is 9.39. The van der Waals surface area contributed by atoms with Crippen molar-refractivity contribution in [3.8, 4) is 0 Å². The molecule has 1 N–H and O–H groups in total. The van der Waals surface area contributed by atoms with Gasteiger partial charge in [0.25, 0.3) is 0 Å². The molecule has 27 heavy (non-hydrogen) atoms. The Balaban J connectivity index is 1.66. The smallest absolute Gasteiger partial charge is 0.231 e. The van der Waals surface area contributed by atoms with E-state index in [0.29, 0.717) is 19.5 Å². The lowest BCUT2D eigenvalue weighted by atomic mass is 10.1. The zero-order chi connectivity index (χ0) is 19.2. The topological polar surface area (TPSA) is 52.7 Å². The molecule has 142 valence electrons. The van der Waals surface area contributed by atoms with E-state index in [9.17, 15) is 9.59 Å². The van der Waals surface area contributed by atoms with Crippen molar-refractivity contribution in [3.05, 3.63) is 66.2 Å². The van der Waals surface area contributed by atoms with Crippen LogP contribution in [0.15, 0.2) is 60.7 Å². The fourth-order valence-electron chi connectivity index (χ4n) is 3.16. The minimum atomic E-state index is -0.228. The van der Waals surface area contributed by atoms with Crippen molar-refractivity contribution in [1.82, 2.24) is 10.2 Å². The molecule has 2 aromatic carbocycles. The Morgan fingerprint density at radius 3 is 2.22 bits per heavy atom. The van der Waals surface area contributed by atoms with Crippen molar-refractivity contribution in [2.24, 2.45) is 11.8 Å². The SMILES string of the molecule is CN(C)CCNC(=O)C1CC1C(=O)N(Cc1ccccc1)c1ccccc1. The summed E-state index contributed by atoms with van der Waals surface area (Å²) in [6.45, 7) is 1.91. The average molecular weight is 365 g/mol. The fraction of sp³-hybridized carbons (Fsp3) is 0.364. The molecule has 0 aliphatic heterocycles. The van der Waals surface area contributed by atoms with Crippen LogP contribution in [0.5, 0.6) is 0 Å². The second-order valence-electron chi connectivity index (χ2n) is 7.29. The maximum atomic E-state index is 13.1. The molecule has 5 nitrogen and oxygen atoms in total. The minimum absolute atomic E-state index is 0.0112. The molecule has 5 heteroatoms. The van der Waals surface area contributed by atoms with Gasteiger partial charge in [0.05, 0.1) is 18.4 Å². The molecule has 3 rings (SSSR count). The van der Waals surface area contributed by atoms with Crippen molar-refractivity contribution >= 4 is 17.5 Å². The molecule has 0 spiro atoms. The number of carbonyl (C=O) groups is 2. The van der Waals surface area contributed by atoms with Gasteiger partial charge in [0.15, 0.2) is 0 Å². The molecule has 2 unspecified atom stereocenters. The first-order valence-electron chi connectivity index (χ1n) is 9.39. The summed E-state index contributed by atoms with van der Waals surface area (Å²) >= 11 is 0. The third kappa shape index (κ3) is 5.17. The van der Waals surface area contributed by atoms with E-state index in [1.807, 2.05) is 79.7 Å². The van der Waals surface area contributed by atoms with Crippen molar-refractivity contribution in [2.45, 2.75) is 13.0 Å². The highest BCUT2D eigenvalue weighted by Gasteiger charge is 2.49. The predicted octanol–water partition coefficient (Wildman–Crippen LogP) is 2.53. The lowest BCUT2D eigenvalue weighted by Gasteiger charge is -2.23. The number of anilines is 1. The van der Waals surface area contributed by atoms with Crippen LogP contribution >= 0.6 is 0 Å². The van der Waals surface area contributed by atoms with E-state index in [-0.39, 0.29) is 23.7 Å². The minimum Gasteiger partial charge on any atom is -0.355 e. The van der Waals surface area contributed by atoms with Gasteiger partial charge >= 0.3 is 0 Å². The summed E-state index contributed by atoms with van der Waals surface area (Å²) in [6.07, 6.45) is 0.630. The van der Waals surface area contributed by atoms with Crippen LogP contribution in [0.4, 0.5) is 5.69 Å². The molecule has 1 saturated carbocycles. The van der Waals surface area contributed by atoms with E-state index >= 15 is 0 Å². The van der Waals surface area contributed by atoms with Crippen molar-refractivity contribution in [2.75, 3.05) is 32.1 Å². The van der Waals surface area contributed by atoms with E-state index in [4.69, 9.17) is 0 Å². The van der Waals surface area contributed by atoms with Crippen LogP contribution in [0.3, 0.4) is 0 Å². The normalized spacial score (nSPS) is 18.2. The summed E-state index contributed by atoms with van der Waals surface area (Å²) in [5.41, 5.74) is 1.94. The van der Waals surface area contributed by atoms with Crippen LogP contribution in [-0.2, 0) is 16.1 Å². The number of para-hydroxylation sites is 1. The second kappa shape index (κ2) is 8.82. The molecule has 0 saturated heterocycles.